The number of carboxylic acids is 1. The molecule has 2 aromatic carbocycles. The van der Waals surface area contributed by atoms with Crippen LogP contribution in [0.3, 0.4) is 0 Å². The third-order valence-electron chi connectivity index (χ3n) is 4.17. The van der Waals surface area contributed by atoms with Crippen LogP contribution in [-0.2, 0) is 0 Å². The summed E-state index contributed by atoms with van der Waals surface area (Å²) in [5.74, 6) is -1.05. The second kappa shape index (κ2) is 8.13. The molecule has 0 fully saturated rings. The Hall–Kier alpha value is -4.05. The van der Waals surface area contributed by atoms with Crippen LogP contribution in [0.4, 0.5) is 17.2 Å². The molecule has 0 bridgehead atoms. The van der Waals surface area contributed by atoms with Gasteiger partial charge in [-0.3, -0.25) is 15.1 Å². The molecule has 10 heteroatoms. The third-order valence-corrected chi connectivity index (χ3v) is 5.21. The standard InChI is InChI=1S/C20H13N5O4S/c26-20(27)13-6-8-14(9-7-13)24-18-17(25(28)29)19(23-11-22-18)30-15-5-1-3-12-4-2-10-21-16(12)15/h1-11H,(H,26,27)(H,22,23,24). The average molecular weight is 419 g/mol. The fourth-order valence-electron chi connectivity index (χ4n) is 2.79. The predicted molar refractivity (Wildman–Crippen MR) is 111 cm³/mol. The number of rotatable bonds is 6. The number of benzene rings is 2. The van der Waals surface area contributed by atoms with Crippen LogP contribution in [0.5, 0.6) is 0 Å². The molecule has 0 saturated carbocycles. The lowest BCUT2D eigenvalue weighted by atomic mass is 10.2. The first-order chi connectivity index (χ1) is 14.5. The number of carboxylic acid groups (broad SMARTS) is 1. The summed E-state index contributed by atoms with van der Waals surface area (Å²) in [6.07, 6.45) is 2.90. The zero-order chi connectivity index (χ0) is 21.1. The summed E-state index contributed by atoms with van der Waals surface area (Å²) in [6, 6.07) is 15.1. The van der Waals surface area contributed by atoms with Gasteiger partial charge in [0.2, 0.25) is 5.82 Å². The van der Waals surface area contributed by atoms with E-state index in [9.17, 15) is 14.9 Å². The van der Waals surface area contributed by atoms with Crippen molar-refractivity contribution in [1.29, 1.82) is 0 Å². The molecule has 4 rings (SSSR count). The van der Waals surface area contributed by atoms with Crippen molar-refractivity contribution < 1.29 is 14.8 Å². The number of nitrogens with zero attached hydrogens (tertiary/aromatic N) is 4. The highest BCUT2D eigenvalue weighted by Crippen LogP contribution is 2.39. The van der Waals surface area contributed by atoms with Gasteiger partial charge in [-0.15, -0.1) is 0 Å². The molecule has 0 unspecified atom stereocenters. The molecule has 2 aromatic heterocycles. The maximum atomic E-state index is 11.8. The molecular weight excluding hydrogens is 406 g/mol. The van der Waals surface area contributed by atoms with E-state index in [4.69, 9.17) is 5.11 Å². The van der Waals surface area contributed by atoms with Gasteiger partial charge >= 0.3 is 11.7 Å². The Kier molecular flexibility index (Phi) is 5.22. The number of nitrogens with one attached hydrogen (secondary N) is 1. The minimum atomic E-state index is -1.06. The summed E-state index contributed by atoms with van der Waals surface area (Å²) in [5, 5.41) is 24.8. The molecule has 0 aliphatic carbocycles. The molecule has 9 nitrogen and oxygen atoms in total. The van der Waals surface area contributed by atoms with Crippen molar-refractivity contribution in [2.24, 2.45) is 0 Å². The summed E-state index contributed by atoms with van der Waals surface area (Å²) >= 11 is 1.13. The molecule has 0 amide bonds. The molecule has 148 valence electrons. The minimum absolute atomic E-state index is 0.00812. The van der Waals surface area contributed by atoms with E-state index in [1.807, 2.05) is 30.3 Å². The van der Waals surface area contributed by atoms with E-state index in [0.29, 0.717) is 5.69 Å². The average Bonchev–Trinajstić information content (AvgIpc) is 2.74. The van der Waals surface area contributed by atoms with Crippen LogP contribution >= 0.6 is 11.8 Å². The van der Waals surface area contributed by atoms with E-state index in [1.165, 1.54) is 30.6 Å². The number of fused-ring (bicyclic) bond motifs is 1. The number of carbonyl (C=O) groups is 1. The van der Waals surface area contributed by atoms with Gasteiger partial charge in [0.25, 0.3) is 0 Å². The van der Waals surface area contributed by atoms with Gasteiger partial charge in [0.1, 0.15) is 6.33 Å². The first-order valence-electron chi connectivity index (χ1n) is 8.64. The highest BCUT2D eigenvalue weighted by molar-refractivity contribution is 7.99. The summed E-state index contributed by atoms with van der Waals surface area (Å²) in [5.41, 5.74) is 1.01. The number of hydrogen-bond acceptors (Lipinski definition) is 8. The van der Waals surface area contributed by atoms with Crippen LogP contribution in [0, 0.1) is 10.1 Å². The Labute approximate surface area is 174 Å². The van der Waals surface area contributed by atoms with Gasteiger partial charge in [-0.1, -0.05) is 30.0 Å². The van der Waals surface area contributed by atoms with Crippen molar-refractivity contribution in [3.8, 4) is 0 Å². The van der Waals surface area contributed by atoms with E-state index in [0.717, 1.165) is 27.6 Å². The lowest BCUT2D eigenvalue weighted by molar-refractivity contribution is -0.387. The molecule has 0 spiro atoms. The highest BCUT2D eigenvalue weighted by atomic mass is 32.2. The van der Waals surface area contributed by atoms with Gasteiger partial charge in [0.15, 0.2) is 5.03 Å². The number of pyridine rings is 1. The van der Waals surface area contributed by atoms with E-state index >= 15 is 0 Å². The molecule has 0 saturated heterocycles. The molecule has 0 atom stereocenters. The second-order valence-corrected chi connectivity index (χ2v) is 7.10. The van der Waals surface area contributed by atoms with E-state index < -0.39 is 10.9 Å². The molecule has 0 aliphatic rings. The SMILES string of the molecule is O=C(O)c1ccc(Nc2ncnc(Sc3cccc4cccnc34)c2[N+](=O)[O-])cc1. The van der Waals surface area contributed by atoms with Gasteiger partial charge in [-0.2, -0.15) is 0 Å². The van der Waals surface area contributed by atoms with Crippen molar-refractivity contribution in [2.75, 3.05) is 5.32 Å². The van der Waals surface area contributed by atoms with Crippen molar-refractivity contribution in [2.45, 2.75) is 9.92 Å². The van der Waals surface area contributed by atoms with Crippen LogP contribution < -0.4 is 5.32 Å². The first kappa shape index (κ1) is 19.3. The van der Waals surface area contributed by atoms with Gasteiger partial charge in [0, 0.05) is 22.2 Å². The van der Waals surface area contributed by atoms with E-state index in [1.54, 1.807) is 6.20 Å². The third kappa shape index (κ3) is 3.89. The number of aromatic carboxylic acids is 1. The van der Waals surface area contributed by atoms with Crippen molar-refractivity contribution in [3.05, 3.63) is 82.8 Å². The Morgan fingerprint density at radius 2 is 1.80 bits per heavy atom. The Morgan fingerprint density at radius 3 is 2.53 bits per heavy atom. The molecule has 4 aromatic rings. The normalized spacial score (nSPS) is 10.7. The Bertz CT molecular complexity index is 1260. The fourth-order valence-corrected chi connectivity index (χ4v) is 3.78. The maximum Gasteiger partial charge on any atom is 0.343 e. The van der Waals surface area contributed by atoms with Crippen LogP contribution in [0.2, 0.25) is 0 Å². The molecule has 0 aliphatic heterocycles. The van der Waals surface area contributed by atoms with Crippen LogP contribution in [0.1, 0.15) is 10.4 Å². The van der Waals surface area contributed by atoms with Gasteiger partial charge < -0.3 is 10.4 Å². The highest BCUT2D eigenvalue weighted by Gasteiger charge is 2.24. The van der Waals surface area contributed by atoms with Crippen LogP contribution in [0.25, 0.3) is 10.9 Å². The molecular formula is C20H13N5O4S. The summed E-state index contributed by atoms with van der Waals surface area (Å²) in [6.45, 7) is 0. The number of hydrogen-bond donors (Lipinski definition) is 2. The molecule has 2 heterocycles. The van der Waals surface area contributed by atoms with E-state index in [2.05, 4.69) is 20.3 Å². The summed E-state index contributed by atoms with van der Waals surface area (Å²) in [4.78, 5) is 35.5. The quantitative estimate of drug-likeness (QED) is 0.263. The van der Waals surface area contributed by atoms with Crippen molar-refractivity contribution >= 4 is 45.8 Å². The van der Waals surface area contributed by atoms with E-state index in [-0.39, 0.29) is 22.1 Å². The van der Waals surface area contributed by atoms with Crippen molar-refractivity contribution in [1.82, 2.24) is 15.0 Å². The number of aromatic nitrogens is 3. The Morgan fingerprint density at radius 1 is 1.03 bits per heavy atom. The van der Waals surface area contributed by atoms with Crippen LogP contribution in [0.15, 0.2) is 77.0 Å². The lowest BCUT2D eigenvalue weighted by Gasteiger charge is -2.09. The topological polar surface area (TPSA) is 131 Å². The molecule has 30 heavy (non-hydrogen) atoms. The molecule has 0 radical (unpaired) electrons. The van der Waals surface area contributed by atoms with Gasteiger partial charge in [0.05, 0.1) is 16.0 Å². The lowest BCUT2D eigenvalue weighted by Crippen LogP contribution is -2.03. The Balaban J connectivity index is 1.71. The summed E-state index contributed by atoms with van der Waals surface area (Å²) < 4.78 is 0. The maximum absolute atomic E-state index is 11.8. The largest absolute Gasteiger partial charge is 0.478 e. The minimum Gasteiger partial charge on any atom is -0.478 e. The predicted octanol–water partition coefficient (Wildman–Crippen LogP) is 4.53. The van der Waals surface area contributed by atoms with Gasteiger partial charge in [-0.25, -0.2) is 14.8 Å². The van der Waals surface area contributed by atoms with Gasteiger partial charge in [-0.05, 0) is 36.4 Å². The smallest absolute Gasteiger partial charge is 0.343 e. The first-order valence-corrected chi connectivity index (χ1v) is 9.46. The summed E-state index contributed by atoms with van der Waals surface area (Å²) in [7, 11) is 0. The number of nitro groups is 1. The van der Waals surface area contributed by atoms with Crippen LogP contribution in [-0.4, -0.2) is 31.0 Å². The van der Waals surface area contributed by atoms with Crippen molar-refractivity contribution in [3.63, 3.8) is 0 Å². The second-order valence-electron chi connectivity index (χ2n) is 6.07. The fraction of sp³-hybridized carbons (Fsp3) is 0. The number of anilines is 2. The molecule has 2 N–H and O–H groups in total. The zero-order valence-corrected chi connectivity index (χ0v) is 16.0. The monoisotopic (exact) mass is 419 g/mol. The zero-order valence-electron chi connectivity index (χ0n) is 15.2. The number of para-hydroxylation sites is 1.